The third-order valence-electron chi connectivity index (χ3n) is 4.22. The van der Waals surface area contributed by atoms with Crippen molar-refractivity contribution in [3.63, 3.8) is 0 Å². The summed E-state index contributed by atoms with van der Waals surface area (Å²) in [6.45, 7) is 1.99. The molecule has 3 rings (SSSR count). The van der Waals surface area contributed by atoms with Gasteiger partial charge in [-0.1, -0.05) is 30.3 Å². The van der Waals surface area contributed by atoms with Crippen molar-refractivity contribution in [1.29, 1.82) is 0 Å². The van der Waals surface area contributed by atoms with Crippen LogP contribution in [-0.2, 0) is 6.42 Å². The highest BCUT2D eigenvalue weighted by molar-refractivity contribution is 5.97. The Hall–Kier alpha value is -3.08. The van der Waals surface area contributed by atoms with Crippen molar-refractivity contribution in [2.24, 2.45) is 0 Å². The van der Waals surface area contributed by atoms with Crippen molar-refractivity contribution in [3.05, 3.63) is 72.2 Å². The van der Waals surface area contributed by atoms with Crippen LogP contribution in [-0.4, -0.2) is 24.0 Å². The lowest BCUT2D eigenvalue weighted by Gasteiger charge is -2.13. The average Bonchev–Trinajstić information content (AvgIpc) is 3.17. The van der Waals surface area contributed by atoms with Crippen LogP contribution in [0.15, 0.2) is 65.4 Å². The number of aromatic nitrogens is 1. The molecule has 134 valence electrons. The fraction of sp³-hybridized carbons (Fsp3) is 0.238. The van der Waals surface area contributed by atoms with Gasteiger partial charge in [0.25, 0.3) is 5.91 Å². The molecule has 1 aromatic heterocycles. The van der Waals surface area contributed by atoms with E-state index in [1.54, 1.807) is 7.11 Å². The number of nitrogens with zero attached hydrogens (tertiary/aromatic N) is 1. The Morgan fingerprint density at radius 3 is 2.58 bits per heavy atom. The van der Waals surface area contributed by atoms with Gasteiger partial charge >= 0.3 is 0 Å². The van der Waals surface area contributed by atoms with Crippen LogP contribution in [0.25, 0.3) is 11.3 Å². The maximum absolute atomic E-state index is 12.6. The second-order valence-corrected chi connectivity index (χ2v) is 6.16. The van der Waals surface area contributed by atoms with Crippen LogP contribution in [0.4, 0.5) is 0 Å². The molecule has 1 amide bonds. The van der Waals surface area contributed by atoms with Gasteiger partial charge in [-0.15, -0.1) is 0 Å². The first-order valence-electron chi connectivity index (χ1n) is 8.60. The van der Waals surface area contributed by atoms with Crippen molar-refractivity contribution in [2.45, 2.75) is 25.8 Å². The first-order valence-corrected chi connectivity index (χ1v) is 8.60. The zero-order valence-electron chi connectivity index (χ0n) is 14.9. The van der Waals surface area contributed by atoms with E-state index >= 15 is 0 Å². The highest BCUT2D eigenvalue weighted by Crippen LogP contribution is 2.25. The molecule has 1 heterocycles. The summed E-state index contributed by atoms with van der Waals surface area (Å²) in [5, 5.41) is 3.00. The van der Waals surface area contributed by atoms with Crippen molar-refractivity contribution in [3.8, 4) is 17.1 Å². The lowest BCUT2D eigenvalue weighted by atomic mass is 10.1. The number of carbonyl (C=O) groups is 1. The molecule has 0 saturated heterocycles. The van der Waals surface area contributed by atoms with Gasteiger partial charge in [-0.25, -0.2) is 4.98 Å². The van der Waals surface area contributed by atoms with Gasteiger partial charge in [0.05, 0.1) is 7.11 Å². The predicted molar refractivity (Wildman–Crippen MR) is 100 cm³/mol. The van der Waals surface area contributed by atoms with Crippen LogP contribution < -0.4 is 10.1 Å². The van der Waals surface area contributed by atoms with Gasteiger partial charge in [0.15, 0.2) is 17.8 Å². The molecule has 26 heavy (non-hydrogen) atoms. The van der Waals surface area contributed by atoms with E-state index in [9.17, 15) is 4.79 Å². The number of hydrogen-bond acceptors (Lipinski definition) is 4. The largest absolute Gasteiger partial charge is 0.497 e. The third kappa shape index (κ3) is 4.30. The number of carbonyl (C=O) groups excluding carboxylic acids is 1. The Labute approximate surface area is 153 Å². The Bertz CT molecular complexity index is 841. The van der Waals surface area contributed by atoms with Gasteiger partial charge < -0.3 is 14.5 Å². The summed E-state index contributed by atoms with van der Waals surface area (Å²) in [6, 6.07) is 17.6. The van der Waals surface area contributed by atoms with Gasteiger partial charge in [0, 0.05) is 11.6 Å². The lowest BCUT2D eigenvalue weighted by molar-refractivity contribution is 0.0934. The molecule has 1 atom stereocenters. The van der Waals surface area contributed by atoms with Crippen molar-refractivity contribution in [2.75, 3.05) is 7.11 Å². The van der Waals surface area contributed by atoms with Crippen molar-refractivity contribution < 1.29 is 13.9 Å². The van der Waals surface area contributed by atoms with Gasteiger partial charge in [0.1, 0.15) is 5.75 Å². The summed E-state index contributed by atoms with van der Waals surface area (Å²) in [5.74, 6) is 0.972. The molecule has 0 saturated carbocycles. The molecule has 1 N–H and O–H groups in total. The molecular formula is C21H22N2O3. The molecule has 5 heteroatoms. The summed E-state index contributed by atoms with van der Waals surface area (Å²) in [6.07, 6.45) is 3.06. The molecule has 3 aromatic rings. The average molecular weight is 350 g/mol. The fourth-order valence-corrected chi connectivity index (χ4v) is 2.75. The SMILES string of the molecule is COc1ccc(-c2ocnc2C(=O)N[C@@H](C)CCc2ccccc2)cc1. The molecular weight excluding hydrogens is 328 g/mol. The quantitative estimate of drug-likeness (QED) is 0.697. The van der Waals surface area contributed by atoms with Crippen LogP contribution in [0.1, 0.15) is 29.4 Å². The number of oxazole rings is 1. The predicted octanol–water partition coefficient (Wildman–Crippen LogP) is 4.10. The molecule has 0 bridgehead atoms. The molecule has 0 fully saturated rings. The summed E-state index contributed by atoms with van der Waals surface area (Å²) < 4.78 is 10.6. The third-order valence-corrected chi connectivity index (χ3v) is 4.22. The highest BCUT2D eigenvalue weighted by Gasteiger charge is 2.19. The minimum absolute atomic E-state index is 0.0307. The minimum Gasteiger partial charge on any atom is -0.497 e. The van der Waals surface area contributed by atoms with Gasteiger partial charge in [-0.05, 0) is 49.6 Å². The van der Waals surface area contributed by atoms with E-state index < -0.39 is 0 Å². The van der Waals surface area contributed by atoms with E-state index in [0.29, 0.717) is 11.5 Å². The Morgan fingerprint density at radius 2 is 1.88 bits per heavy atom. The normalized spacial score (nSPS) is 11.8. The van der Waals surface area contributed by atoms with Crippen LogP contribution in [0.3, 0.4) is 0 Å². The second-order valence-electron chi connectivity index (χ2n) is 6.16. The lowest BCUT2D eigenvalue weighted by Crippen LogP contribution is -2.33. The van der Waals surface area contributed by atoms with Crippen molar-refractivity contribution >= 4 is 5.91 Å². The summed E-state index contributed by atoms with van der Waals surface area (Å²) in [5.41, 5.74) is 2.33. The summed E-state index contributed by atoms with van der Waals surface area (Å²) in [4.78, 5) is 16.7. The number of amides is 1. The second kappa shape index (κ2) is 8.34. The fourth-order valence-electron chi connectivity index (χ4n) is 2.75. The van der Waals surface area contributed by atoms with E-state index in [1.807, 2.05) is 49.4 Å². The van der Waals surface area contributed by atoms with E-state index in [0.717, 1.165) is 24.2 Å². The zero-order chi connectivity index (χ0) is 18.4. The first-order chi connectivity index (χ1) is 12.7. The molecule has 0 aliphatic rings. The Kier molecular flexibility index (Phi) is 5.69. The highest BCUT2D eigenvalue weighted by atomic mass is 16.5. The number of rotatable bonds is 7. The van der Waals surface area contributed by atoms with E-state index in [-0.39, 0.29) is 11.9 Å². The molecule has 0 radical (unpaired) electrons. The van der Waals surface area contributed by atoms with Crippen molar-refractivity contribution in [1.82, 2.24) is 10.3 Å². The van der Waals surface area contributed by atoms with Gasteiger partial charge in [-0.3, -0.25) is 4.79 Å². The molecule has 2 aromatic carbocycles. The van der Waals surface area contributed by atoms with Gasteiger partial charge in [-0.2, -0.15) is 0 Å². The molecule has 0 spiro atoms. The van der Waals surface area contributed by atoms with E-state index in [2.05, 4.69) is 22.4 Å². The summed E-state index contributed by atoms with van der Waals surface area (Å²) in [7, 11) is 1.61. The molecule has 0 unspecified atom stereocenters. The maximum atomic E-state index is 12.6. The first kappa shape index (κ1) is 17.7. The molecule has 5 nitrogen and oxygen atoms in total. The monoisotopic (exact) mass is 350 g/mol. The number of methoxy groups -OCH3 is 1. The topological polar surface area (TPSA) is 64.4 Å². The van der Waals surface area contributed by atoms with Crippen LogP contribution in [0.2, 0.25) is 0 Å². The smallest absolute Gasteiger partial charge is 0.274 e. The Balaban J connectivity index is 1.64. The minimum atomic E-state index is -0.231. The Morgan fingerprint density at radius 1 is 1.15 bits per heavy atom. The molecule has 0 aliphatic carbocycles. The number of hydrogen-bond donors (Lipinski definition) is 1. The zero-order valence-corrected chi connectivity index (χ0v) is 14.9. The number of benzene rings is 2. The standard InChI is InChI=1S/C21H22N2O3/c1-15(8-9-16-6-4-3-5-7-16)23-21(24)19-20(26-14-22-19)17-10-12-18(25-2)13-11-17/h3-7,10-15H,8-9H2,1-2H3,(H,23,24)/t15-/m0/s1. The van der Waals surface area contributed by atoms with Crippen LogP contribution in [0, 0.1) is 0 Å². The van der Waals surface area contributed by atoms with E-state index in [4.69, 9.17) is 9.15 Å². The van der Waals surface area contributed by atoms with Gasteiger partial charge in [0.2, 0.25) is 0 Å². The molecule has 0 aliphatic heterocycles. The van der Waals surface area contributed by atoms with E-state index in [1.165, 1.54) is 12.0 Å². The number of ether oxygens (including phenoxy) is 1. The maximum Gasteiger partial charge on any atom is 0.274 e. The summed E-state index contributed by atoms with van der Waals surface area (Å²) >= 11 is 0. The van der Waals surface area contributed by atoms with Crippen LogP contribution in [0.5, 0.6) is 5.75 Å². The van der Waals surface area contributed by atoms with Crippen LogP contribution >= 0.6 is 0 Å². The number of aryl methyl sites for hydroxylation is 1. The number of nitrogens with one attached hydrogen (secondary N) is 1.